The normalized spacial score (nSPS) is 18.3. The van der Waals surface area contributed by atoms with E-state index in [0.29, 0.717) is 26.6 Å². The molecule has 0 aromatic heterocycles. The fourth-order valence-electron chi connectivity index (χ4n) is 2.53. The zero-order valence-electron chi connectivity index (χ0n) is 15.7. The maximum atomic E-state index is 12.7. The summed E-state index contributed by atoms with van der Waals surface area (Å²) < 4.78 is 29.6. The Morgan fingerprint density at radius 1 is 1.23 bits per heavy atom. The molecule has 0 aliphatic carbocycles. The Morgan fingerprint density at radius 2 is 1.90 bits per heavy atom. The zero-order valence-corrected chi connectivity index (χ0v) is 18.8. The number of alkyl halides is 3. The molecule has 1 aliphatic heterocycles. The van der Waals surface area contributed by atoms with Crippen LogP contribution in [0.25, 0.3) is 0 Å². The number of carbonyl (C=O) groups is 2. The molecule has 0 spiro atoms. The molecule has 1 fully saturated rings. The minimum absolute atomic E-state index is 0.0347. The van der Waals surface area contributed by atoms with E-state index >= 15 is 0 Å². The van der Waals surface area contributed by atoms with Crippen LogP contribution in [0.4, 0.5) is 20.2 Å². The molecule has 1 aliphatic rings. The summed E-state index contributed by atoms with van der Waals surface area (Å²) >= 11 is 17.7. The number of hydrogen-bond acceptors (Lipinski definition) is 5. The number of ether oxygens (including phenoxy) is 1. The van der Waals surface area contributed by atoms with Crippen molar-refractivity contribution in [2.24, 2.45) is 4.99 Å². The smallest absolute Gasteiger partial charge is 0.420 e. The number of hydrogen-bond donors (Lipinski definition) is 1. The first-order chi connectivity index (χ1) is 14.5. The highest BCUT2D eigenvalue weighted by Crippen LogP contribution is 2.32. The van der Waals surface area contributed by atoms with Crippen molar-refractivity contribution in [1.29, 1.82) is 0 Å². The summed E-state index contributed by atoms with van der Waals surface area (Å²) in [6.45, 7) is 0. The van der Waals surface area contributed by atoms with Gasteiger partial charge in [-0.1, -0.05) is 35.0 Å². The first-order valence-electron chi connectivity index (χ1n) is 8.65. The second kappa shape index (κ2) is 9.60. The van der Waals surface area contributed by atoms with E-state index in [0.717, 1.165) is 11.8 Å². The van der Waals surface area contributed by atoms with Crippen LogP contribution in [-0.4, -0.2) is 39.7 Å². The number of nitrogens with zero attached hydrogens (tertiary/aromatic N) is 2. The van der Waals surface area contributed by atoms with Gasteiger partial charge in [-0.05, 0) is 42.5 Å². The van der Waals surface area contributed by atoms with E-state index in [1.807, 2.05) is 0 Å². The number of aliphatic imine (C=N–C) groups is 1. The SMILES string of the molecule is CN1C(=O)C[C@H](C(=O)Nc2ccc(OC(F)(F)Cl)cc2)SC1=Nc1ccc(Cl)c(Cl)c1. The molecular weight excluding hydrogens is 495 g/mol. The largest absolute Gasteiger partial charge is 0.487 e. The van der Waals surface area contributed by atoms with E-state index in [4.69, 9.17) is 34.8 Å². The zero-order chi connectivity index (χ0) is 22.8. The van der Waals surface area contributed by atoms with E-state index in [1.165, 1.54) is 29.2 Å². The Kier molecular flexibility index (Phi) is 7.31. The van der Waals surface area contributed by atoms with Crippen LogP contribution < -0.4 is 10.1 Å². The highest BCUT2D eigenvalue weighted by atomic mass is 35.5. The molecule has 1 atom stereocenters. The molecule has 6 nitrogen and oxygen atoms in total. The van der Waals surface area contributed by atoms with Crippen LogP contribution in [0.5, 0.6) is 5.75 Å². The summed E-state index contributed by atoms with van der Waals surface area (Å²) in [6, 6.07) is 9.98. The standard InChI is InChI=1S/C19H14Cl3F2N3O3S/c1-27-16(28)9-15(31-18(27)26-11-4-7-13(20)14(21)8-11)17(29)25-10-2-5-12(6-3-10)30-19(22,23)24/h2-8,15H,9H2,1H3,(H,25,29)/t15-/m1/s1. The Bertz CT molecular complexity index is 1030. The molecule has 164 valence electrons. The minimum atomic E-state index is -3.83. The van der Waals surface area contributed by atoms with Crippen molar-refractivity contribution in [2.45, 2.75) is 17.2 Å². The summed E-state index contributed by atoms with van der Waals surface area (Å²) in [5.41, 5.74) is -3.02. The molecule has 1 saturated heterocycles. The third-order valence-electron chi connectivity index (χ3n) is 4.04. The molecule has 0 unspecified atom stereocenters. The topological polar surface area (TPSA) is 71.0 Å². The molecule has 1 N–H and O–H groups in total. The monoisotopic (exact) mass is 507 g/mol. The Balaban J connectivity index is 1.71. The van der Waals surface area contributed by atoms with Gasteiger partial charge in [0, 0.05) is 30.8 Å². The van der Waals surface area contributed by atoms with Crippen LogP contribution in [0.15, 0.2) is 47.5 Å². The first kappa shape index (κ1) is 23.6. The van der Waals surface area contributed by atoms with Gasteiger partial charge in [0.1, 0.15) is 11.0 Å². The van der Waals surface area contributed by atoms with Gasteiger partial charge in [0.05, 0.1) is 15.7 Å². The molecule has 0 bridgehead atoms. The second-order valence-electron chi connectivity index (χ2n) is 6.32. The number of benzene rings is 2. The predicted molar refractivity (Wildman–Crippen MR) is 119 cm³/mol. The van der Waals surface area contributed by atoms with Crippen LogP contribution in [0.3, 0.4) is 0 Å². The summed E-state index contributed by atoms with van der Waals surface area (Å²) in [6.07, 6.45) is -0.0347. The summed E-state index contributed by atoms with van der Waals surface area (Å²) in [4.78, 5) is 30.8. The number of nitrogens with one attached hydrogen (secondary N) is 1. The second-order valence-corrected chi connectivity index (χ2v) is 8.74. The maximum Gasteiger partial charge on any atom is 0.487 e. The van der Waals surface area contributed by atoms with Gasteiger partial charge >= 0.3 is 5.57 Å². The summed E-state index contributed by atoms with van der Waals surface area (Å²) in [5, 5.41) is 2.90. The van der Waals surface area contributed by atoms with Gasteiger partial charge in [0.2, 0.25) is 11.8 Å². The molecule has 31 heavy (non-hydrogen) atoms. The number of rotatable bonds is 5. The van der Waals surface area contributed by atoms with Gasteiger partial charge in [-0.3, -0.25) is 14.5 Å². The number of halogens is 5. The fourth-order valence-corrected chi connectivity index (χ4v) is 3.97. The van der Waals surface area contributed by atoms with E-state index in [-0.39, 0.29) is 18.1 Å². The lowest BCUT2D eigenvalue weighted by molar-refractivity contribution is -0.128. The van der Waals surface area contributed by atoms with Crippen LogP contribution in [-0.2, 0) is 9.59 Å². The van der Waals surface area contributed by atoms with Crippen molar-refractivity contribution < 1.29 is 23.1 Å². The van der Waals surface area contributed by atoms with Gasteiger partial charge in [-0.2, -0.15) is 0 Å². The van der Waals surface area contributed by atoms with E-state index in [9.17, 15) is 18.4 Å². The van der Waals surface area contributed by atoms with E-state index in [1.54, 1.807) is 25.2 Å². The first-order valence-corrected chi connectivity index (χ1v) is 10.7. The predicted octanol–water partition coefficient (Wildman–Crippen LogP) is 5.75. The molecule has 3 rings (SSSR count). The van der Waals surface area contributed by atoms with Gasteiger partial charge in [0.25, 0.3) is 0 Å². The van der Waals surface area contributed by atoms with Crippen molar-refractivity contribution in [1.82, 2.24) is 4.90 Å². The highest BCUT2D eigenvalue weighted by molar-refractivity contribution is 8.15. The lowest BCUT2D eigenvalue weighted by Gasteiger charge is -2.28. The number of carbonyl (C=O) groups excluding carboxylic acids is 2. The number of amides is 2. The Labute approximate surface area is 195 Å². The molecule has 2 amide bonds. The lowest BCUT2D eigenvalue weighted by atomic mass is 10.2. The quantitative estimate of drug-likeness (QED) is 0.522. The van der Waals surface area contributed by atoms with Crippen LogP contribution >= 0.6 is 46.6 Å². The summed E-state index contributed by atoms with van der Waals surface area (Å²) in [5.74, 6) is -0.895. The average molecular weight is 509 g/mol. The van der Waals surface area contributed by atoms with Crippen LogP contribution in [0.2, 0.25) is 10.0 Å². The third-order valence-corrected chi connectivity index (χ3v) is 6.10. The molecule has 0 radical (unpaired) electrons. The molecule has 2 aromatic rings. The van der Waals surface area contributed by atoms with Crippen molar-refractivity contribution in [3.8, 4) is 5.75 Å². The average Bonchev–Trinajstić information content (AvgIpc) is 2.68. The van der Waals surface area contributed by atoms with Crippen LogP contribution in [0.1, 0.15) is 6.42 Å². The van der Waals surface area contributed by atoms with Crippen molar-refractivity contribution in [3.05, 3.63) is 52.5 Å². The Hall–Kier alpha value is -2.07. The number of anilines is 1. The van der Waals surface area contributed by atoms with Crippen molar-refractivity contribution in [3.63, 3.8) is 0 Å². The van der Waals surface area contributed by atoms with E-state index < -0.39 is 16.7 Å². The highest BCUT2D eigenvalue weighted by Gasteiger charge is 2.34. The maximum absolute atomic E-state index is 12.7. The van der Waals surface area contributed by atoms with Gasteiger partial charge < -0.3 is 10.1 Å². The van der Waals surface area contributed by atoms with Crippen molar-refractivity contribution in [2.75, 3.05) is 12.4 Å². The lowest BCUT2D eigenvalue weighted by Crippen LogP contribution is -2.43. The Morgan fingerprint density at radius 3 is 2.52 bits per heavy atom. The van der Waals surface area contributed by atoms with Gasteiger partial charge in [0.15, 0.2) is 5.17 Å². The molecule has 1 heterocycles. The van der Waals surface area contributed by atoms with Crippen molar-refractivity contribution >= 4 is 74.9 Å². The molecule has 2 aromatic carbocycles. The van der Waals surface area contributed by atoms with Crippen LogP contribution in [0, 0.1) is 0 Å². The molecular formula is C19H14Cl3F2N3O3S. The molecule has 12 heteroatoms. The van der Waals surface area contributed by atoms with E-state index in [2.05, 4.69) is 15.0 Å². The van der Waals surface area contributed by atoms with Gasteiger partial charge in [-0.15, -0.1) is 8.78 Å². The minimum Gasteiger partial charge on any atom is -0.420 e. The number of amidine groups is 1. The number of thioether (sulfide) groups is 1. The fraction of sp³-hybridized carbons (Fsp3) is 0.211. The summed E-state index contributed by atoms with van der Waals surface area (Å²) in [7, 11) is 1.56. The van der Waals surface area contributed by atoms with Gasteiger partial charge in [-0.25, -0.2) is 4.99 Å². The molecule has 0 saturated carbocycles. The third kappa shape index (κ3) is 6.46.